The number of carbonyl (C=O) groups excluding carboxylic acids is 1. The van der Waals surface area contributed by atoms with Crippen molar-refractivity contribution >= 4 is 11.7 Å². The molecule has 0 aliphatic carbocycles. The summed E-state index contributed by atoms with van der Waals surface area (Å²) in [4.78, 5) is 18.9. The summed E-state index contributed by atoms with van der Waals surface area (Å²) < 4.78 is 5.60. The molecule has 2 aliphatic heterocycles. The predicted molar refractivity (Wildman–Crippen MR) is 89.1 cm³/mol. The van der Waals surface area contributed by atoms with Gasteiger partial charge < -0.3 is 20.7 Å². The first-order chi connectivity index (χ1) is 11.3. The van der Waals surface area contributed by atoms with Crippen molar-refractivity contribution in [1.29, 1.82) is 0 Å². The molecule has 1 aromatic heterocycles. The van der Waals surface area contributed by atoms with Crippen LogP contribution in [0.3, 0.4) is 0 Å². The molecule has 2 aliphatic rings. The van der Waals surface area contributed by atoms with Crippen LogP contribution in [0.25, 0.3) is 0 Å². The predicted octanol–water partition coefficient (Wildman–Crippen LogP) is 1.19. The standard InChI is InChI=1S/C17H26N4O2/c18-10-14-5-6-15(23-14)17(22)20-12-13-4-7-16(19-11-13)21-8-2-1-3-9-21/h4,7,11,14-15H,1-3,5-6,8-10,12,18H2,(H,20,22)/t14-,15+/m1/s1. The van der Waals surface area contributed by atoms with Gasteiger partial charge in [0.25, 0.3) is 0 Å². The highest BCUT2D eigenvalue weighted by Crippen LogP contribution is 2.19. The smallest absolute Gasteiger partial charge is 0.249 e. The van der Waals surface area contributed by atoms with E-state index in [1.165, 1.54) is 19.3 Å². The fraction of sp³-hybridized carbons (Fsp3) is 0.647. The summed E-state index contributed by atoms with van der Waals surface area (Å²) in [6, 6.07) is 4.08. The number of nitrogens with two attached hydrogens (primary N) is 1. The highest BCUT2D eigenvalue weighted by Gasteiger charge is 2.29. The van der Waals surface area contributed by atoms with Gasteiger partial charge in [-0.2, -0.15) is 0 Å². The van der Waals surface area contributed by atoms with E-state index in [-0.39, 0.29) is 18.1 Å². The molecule has 3 N–H and O–H groups in total. The maximum atomic E-state index is 12.1. The van der Waals surface area contributed by atoms with E-state index in [0.717, 1.165) is 37.3 Å². The Balaban J connectivity index is 1.47. The van der Waals surface area contributed by atoms with Crippen LogP contribution in [0.15, 0.2) is 18.3 Å². The summed E-state index contributed by atoms with van der Waals surface area (Å²) in [6.45, 7) is 3.14. The second kappa shape index (κ2) is 7.75. The van der Waals surface area contributed by atoms with E-state index in [9.17, 15) is 4.79 Å². The third kappa shape index (κ3) is 4.20. The number of aromatic nitrogens is 1. The average Bonchev–Trinajstić information content (AvgIpc) is 3.10. The molecule has 2 atom stereocenters. The Morgan fingerprint density at radius 2 is 2.13 bits per heavy atom. The van der Waals surface area contributed by atoms with Crippen LogP contribution in [0.1, 0.15) is 37.7 Å². The molecule has 1 amide bonds. The number of amides is 1. The van der Waals surface area contributed by atoms with Gasteiger partial charge in [-0.3, -0.25) is 4.79 Å². The molecule has 0 unspecified atom stereocenters. The maximum absolute atomic E-state index is 12.1. The zero-order valence-corrected chi connectivity index (χ0v) is 13.5. The minimum atomic E-state index is -0.357. The number of nitrogens with one attached hydrogen (secondary N) is 1. The molecule has 0 saturated carbocycles. The second-order valence-electron chi connectivity index (χ2n) is 6.35. The zero-order valence-electron chi connectivity index (χ0n) is 13.5. The topological polar surface area (TPSA) is 80.5 Å². The van der Waals surface area contributed by atoms with Gasteiger partial charge in [-0.05, 0) is 43.7 Å². The average molecular weight is 318 g/mol. The Hall–Kier alpha value is -1.66. The molecule has 6 nitrogen and oxygen atoms in total. The highest BCUT2D eigenvalue weighted by atomic mass is 16.5. The van der Waals surface area contributed by atoms with Gasteiger partial charge >= 0.3 is 0 Å². The molecule has 2 fully saturated rings. The summed E-state index contributed by atoms with van der Waals surface area (Å²) in [5.74, 6) is 0.978. The second-order valence-corrected chi connectivity index (χ2v) is 6.35. The number of hydrogen-bond donors (Lipinski definition) is 2. The molecule has 126 valence electrons. The number of nitrogens with zero attached hydrogens (tertiary/aromatic N) is 2. The van der Waals surface area contributed by atoms with E-state index in [4.69, 9.17) is 10.5 Å². The van der Waals surface area contributed by atoms with E-state index in [2.05, 4.69) is 15.2 Å². The van der Waals surface area contributed by atoms with E-state index < -0.39 is 0 Å². The number of pyridine rings is 1. The van der Waals surface area contributed by atoms with Gasteiger partial charge in [-0.1, -0.05) is 6.07 Å². The highest BCUT2D eigenvalue weighted by molar-refractivity contribution is 5.81. The maximum Gasteiger partial charge on any atom is 0.249 e. The van der Waals surface area contributed by atoms with Crippen LogP contribution in [0, 0.1) is 0 Å². The lowest BCUT2D eigenvalue weighted by Gasteiger charge is -2.27. The molecule has 0 radical (unpaired) electrons. The molecule has 0 spiro atoms. The quantitative estimate of drug-likeness (QED) is 0.852. The SMILES string of the molecule is NC[C@H]1CC[C@@H](C(=O)NCc2ccc(N3CCCCC3)nc2)O1. The normalized spacial score (nSPS) is 24.7. The lowest BCUT2D eigenvalue weighted by atomic mass is 10.1. The van der Waals surface area contributed by atoms with E-state index in [1.807, 2.05) is 18.3 Å². The van der Waals surface area contributed by atoms with Gasteiger partial charge in [0.05, 0.1) is 6.10 Å². The molecule has 1 aromatic rings. The Morgan fingerprint density at radius 1 is 1.30 bits per heavy atom. The van der Waals surface area contributed by atoms with Gasteiger partial charge in [-0.25, -0.2) is 4.98 Å². The van der Waals surface area contributed by atoms with Crippen molar-refractivity contribution in [3.8, 4) is 0 Å². The van der Waals surface area contributed by atoms with Crippen molar-refractivity contribution in [2.24, 2.45) is 5.73 Å². The third-order valence-corrected chi connectivity index (χ3v) is 4.62. The Labute approximate surface area is 137 Å². The summed E-state index contributed by atoms with van der Waals surface area (Å²) in [5, 5.41) is 2.93. The fourth-order valence-electron chi connectivity index (χ4n) is 3.21. The first-order valence-electron chi connectivity index (χ1n) is 8.59. The number of anilines is 1. The monoisotopic (exact) mass is 318 g/mol. The van der Waals surface area contributed by atoms with Gasteiger partial charge in [0.1, 0.15) is 11.9 Å². The van der Waals surface area contributed by atoms with E-state index >= 15 is 0 Å². The Morgan fingerprint density at radius 3 is 2.78 bits per heavy atom. The summed E-state index contributed by atoms with van der Waals surface area (Å²) in [6.07, 6.45) is 6.92. The van der Waals surface area contributed by atoms with E-state index in [0.29, 0.717) is 13.1 Å². The third-order valence-electron chi connectivity index (χ3n) is 4.62. The fourth-order valence-corrected chi connectivity index (χ4v) is 3.21. The van der Waals surface area contributed by atoms with Crippen LogP contribution in [-0.4, -0.2) is 42.7 Å². The summed E-state index contributed by atoms with van der Waals surface area (Å²) >= 11 is 0. The summed E-state index contributed by atoms with van der Waals surface area (Å²) in [5.41, 5.74) is 6.57. The lowest BCUT2D eigenvalue weighted by Crippen LogP contribution is -2.35. The van der Waals surface area contributed by atoms with Gasteiger partial charge in [0.15, 0.2) is 0 Å². The molecule has 3 heterocycles. The largest absolute Gasteiger partial charge is 0.364 e. The van der Waals surface area contributed by atoms with Gasteiger partial charge in [0, 0.05) is 32.4 Å². The minimum Gasteiger partial charge on any atom is -0.364 e. The lowest BCUT2D eigenvalue weighted by molar-refractivity contribution is -0.132. The zero-order chi connectivity index (χ0) is 16.1. The van der Waals surface area contributed by atoms with Crippen LogP contribution in [0.4, 0.5) is 5.82 Å². The molecule has 0 aromatic carbocycles. The van der Waals surface area contributed by atoms with Crippen molar-refractivity contribution in [3.05, 3.63) is 23.9 Å². The van der Waals surface area contributed by atoms with Gasteiger partial charge in [0.2, 0.25) is 5.91 Å². The summed E-state index contributed by atoms with van der Waals surface area (Å²) in [7, 11) is 0. The molecular formula is C17H26N4O2. The molecule has 2 saturated heterocycles. The number of piperidine rings is 1. The number of carbonyl (C=O) groups is 1. The molecule has 23 heavy (non-hydrogen) atoms. The van der Waals surface area contributed by atoms with Crippen LogP contribution in [0.2, 0.25) is 0 Å². The number of rotatable bonds is 5. The van der Waals surface area contributed by atoms with Crippen LogP contribution in [-0.2, 0) is 16.1 Å². The van der Waals surface area contributed by atoms with Crippen molar-refractivity contribution in [1.82, 2.24) is 10.3 Å². The first kappa shape index (κ1) is 16.2. The Bertz CT molecular complexity index is 514. The van der Waals surface area contributed by atoms with Crippen molar-refractivity contribution < 1.29 is 9.53 Å². The Kier molecular flexibility index (Phi) is 5.46. The van der Waals surface area contributed by atoms with Crippen LogP contribution in [0.5, 0.6) is 0 Å². The molecule has 6 heteroatoms. The number of ether oxygens (including phenoxy) is 1. The van der Waals surface area contributed by atoms with Crippen molar-refractivity contribution in [2.75, 3.05) is 24.5 Å². The minimum absolute atomic E-state index is 0.0243. The van der Waals surface area contributed by atoms with Crippen molar-refractivity contribution in [2.45, 2.75) is 50.9 Å². The number of hydrogen-bond acceptors (Lipinski definition) is 5. The van der Waals surface area contributed by atoms with Crippen LogP contribution >= 0.6 is 0 Å². The molecule has 0 bridgehead atoms. The molecule has 3 rings (SSSR count). The van der Waals surface area contributed by atoms with Gasteiger partial charge in [-0.15, -0.1) is 0 Å². The van der Waals surface area contributed by atoms with Crippen LogP contribution < -0.4 is 16.0 Å². The van der Waals surface area contributed by atoms with E-state index in [1.54, 1.807) is 0 Å². The first-order valence-corrected chi connectivity index (χ1v) is 8.59. The molecular weight excluding hydrogens is 292 g/mol. The van der Waals surface area contributed by atoms with Crippen molar-refractivity contribution in [3.63, 3.8) is 0 Å².